The van der Waals surface area contributed by atoms with E-state index in [0.29, 0.717) is 17.0 Å². The van der Waals surface area contributed by atoms with Gasteiger partial charge in [-0.25, -0.2) is 0 Å². The van der Waals surface area contributed by atoms with Crippen molar-refractivity contribution in [2.75, 3.05) is 25.0 Å². The van der Waals surface area contributed by atoms with E-state index in [4.69, 9.17) is 0 Å². The van der Waals surface area contributed by atoms with E-state index in [-0.39, 0.29) is 17.9 Å². The molecule has 3 rings (SSSR count). The Bertz CT molecular complexity index is 867. The molecule has 1 aliphatic heterocycles. The first-order chi connectivity index (χ1) is 15.5. The number of unbranched alkanes of at least 4 members (excludes halogenated alkanes) is 2. The normalized spacial score (nSPS) is 15.0. The zero-order chi connectivity index (χ0) is 22.9. The minimum atomic E-state index is -0.176. The maximum atomic E-state index is 12.6. The Balaban J connectivity index is 1.47. The van der Waals surface area contributed by atoms with Gasteiger partial charge in [0.05, 0.1) is 0 Å². The summed E-state index contributed by atoms with van der Waals surface area (Å²) in [4.78, 5) is 27.7. The molecule has 32 heavy (non-hydrogen) atoms. The Morgan fingerprint density at radius 1 is 0.906 bits per heavy atom. The maximum Gasteiger partial charge on any atom is 0.255 e. The summed E-state index contributed by atoms with van der Waals surface area (Å²) in [6.07, 6.45) is 5.78. The van der Waals surface area contributed by atoms with Crippen LogP contribution in [-0.2, 0) is 0 Å². The standard InChI is InChI=1S/C27H37N3O2/c1-4-5-6-17-30-18-15-25(16-19-30)29-27(32)23-9-7-22(8-10-23)26(31)28-24-13-11-21(12-14-24)20(2)3/h7-14,20,25H,4-6,15-19H2,1-3H3,(H,28,31)(H,29,32). The summed E-state index contributed by atoms with van der Waals surface area (Å²) in [6, 6.07) is 15.0. The average molecular weight is 436 g/mol. The van der Waals surface area contributed by atoms with Crippen LogP contribution >= 0.6 is 0 Å². The second-order valence-electron chi connectivity index (χ2n) is 9.10. The molecule has 0 saturated carbocycles. The average Bonchev–Trinajstić information content (AvgIpc) is 2.81. The van der Waals surface area contributed by atoms with Gasteiger partial charge in [0, 0.05) is 35.9 Å². The molecule has 1 saturated heterocycles. The number of anilines is 1. The first-order valence-electron chi connectivity index (χ1n) is 12.0. The van der Waals surface area contributed by atoms with Crippen LogP contribution in [0.15, 0.2) is 48.5 Å². The second-order valence-corrected chi connectivity index (χ2v) is 9.10. The van der Waals surface area contributed by atoms with Gasteiger partial charge in [-0.15, -0.1) is 0 Å². The molecular weight excluding hydrogens is 398 g/mol. The number of nitrogens with zero attached hydrogens (tertiary/aromatic N) is 1. The summed E-state index contributed by atoms with van der Waals surface area (Å²) in [5, 5.41) is 6.08. The number of carbonyl (C=O) groups is 2. The fourth-order valence-electron chi connectivity index (χ4n) is 4.08. The summed E-state index contributed by atoms with van der Waals surface area (Å²) < 4.78 is 0. The quantitative estimate of drug-likeness (QED) is 0.515. The molecule has 2 N–H and O–H groups in total. The number of nitrogens with one attached hydrogen (secondary N) is 2. The fourth-order valence-corrected chi connectivity index (χ4v) is 4.08. The molecule has 0 aromatic heterocycles. The highest BCUT2D eigenvalue weighted by atomic mass is 16.2. The van der Waals surface area contributed by atoms with Crippen LogP contribution < -0.4 is 10.6 Å². The van der Waals surface area contributed by atoms with Crippen molar-refractivity contribution in [3.8, 4) is 0 Å². The molecule has 5 heteroatoms. The van der Waals surface area contributed by atoms with Gasteiger partial charge in [-0.3, -0.25) is 9.59 Å². The second kappa shape index (κ2) is 11.8. The van der Waals surface area contributed by atoms with Crippen LogP contribution in [0.3, 0.4) is 0 Å². The number of benzene rings is 2. The van der Waals surface area contributed by atoms with Gasteiger partial charge in [0.25, 0.3) is 11.8 Å². The minimum absolute atomic E-state index is 0.0642. The Labute approximate surface area is 192 Å². The molecular formula is C27H37N3O2. The highest BCUT2D eigenvalue weighted by Gasteiger charge is 2.21. The summed E-state index contributed by atoms with van der Waals surface area (Å²) in [5.41, 5.74) is 3.13. The van der Waals surface area contributed by atoms with E-state index in [9.17, 15) is 9.59 Å². The van der Waals surface area contributed by atoms with Crippen LogP contribution in [0.5, 0.6) is 0 Å². The molecule has 172 valence electrons. The summed E-state index contributed by atoms with van der Waals surface area (Å²) in [6.45, 7) is 9.77. The van der Waals surface area contributed by atoms with Crippen molar-refractivity contribution in [2.45, 2.75) is 64.8 Å². The first-order valence-corrected chi connectivity index (χ1v) is 12.0. The Morgan fingerprint density at radius 2 is 1.50 bits per heavy atom. The number of hydrogen-bond acceptors (Lipinski definition) is 3. The molecule has 1 heterocycles. The topological polar surface area (TPSA) is 61.4 Å². The van der Waals surface area contributed by atoms with E-state index in [0.717, 1.165) is 31.6 Å². The van der Waals surface area contributed by atoms with Crippen molar-refractivity contribution in [3.63, 3.8) is 0 Å². The summed E-state index contributed by atoms with van der Waals surface area (Å²) in [5.74, 6) is 0.215. The lowest BCUT2D eigenvalue weighted by Crippen LogP contribution is -2.44. The van der Waals surface area contributed by atoms with Gasteiger partial charge in [-0.05, 0) is 73.7 Å². The summed E-state index contributed by atoms with van der Waals surface area (Å²) >= 11 is 0. The van der Waals surface area contributed by atoms with Crippen molar-refractivity contribution < 1.29 is 9.59 Å². The fraction of sp³-hybridized carbons (Fsp3) is 0.481. The molecule has 0 aliphatic carbocycles. The van der Waals surface area contributed by atoms with Gasteiger partial charge in [-0.1, -0.05) is 45.7 Å². The number of carbonyl (C=O) groups excluding carboxylic acids is 2. The van der Waals surface area contributed by atoms with Crippen molar-refractivity contribution in [2.24, 2.45) is 0 Å². The maximum absolute atomic E-state index is 12.6. The third-order valence-electron chi connectivity index (χ3n) is 6.25. The number of piperidine rings is 1. The minimum Gasteiger partial charge on any atom is -0.349 e. The lowest BCUT2D eigenvalue weighted by Gasteiger charge is -2.32. The molecule has 0 atom stereocenters. The van der Waals surface area contributed by atoms with E-state index < -0.39 is 0 Å². The highest BCUT2D eigenvalue weighted by Crippen LogP contribution is 2.18. The SMILES string of the molecule is CCCCCN1CCC(NC(=O)c2ccc(C(=O)Nc3ccc(C(C)C)cc3)cc2)CC1. The molecule has 0 unspecified atom stereocenters. The van der Waals surface area contributed by atoms with Crippen LogP contribution in [0.2, 0.25) is 0 Å². The van der Waals surface area contributed by atoms with Gasteiger partial charge in [0.1, 0.15) is 0 Å². The van der Waals surface area contributed by atoms with Crippen molar-refractivity contribution >= 4 is 17.5 Å². The molecule has 1 aliphatic rings. The molecule has 0 radical (unpaired) electrons. The first kappa shape index (κ1) is 24.0. The van der Waals surface area contributed by atoms with E-state index in [1.54, 1.807) is 24.3 Å². The predicted octanol–water partition coefficient (Wildman–Crippen LogP) is 5.45. The number of amides is 2. The van der Waals surface area contributed by atoms with Crippen LogP contribution in [0.4, 0.5) is 5.69 Å². The van der Waals surface area contributed by atoms with Gasteiger partial charge in [0.2, 0.25) is 0 Å². The van der Waals surface area contributed by atoms with Gasteiger partial charge in [0.15, 0.2) is 0 Å². The number of likely N-dealkylation sites (tertiary alicyclic amines) is 1. The lowest BCUT2D eigenvalue weighted by molar-refractivity contribution is 0.0909. The van der Waals surface area contributed by atoms with Crippen molar-refractivity contribution in [1.82, 2.24) is 10.2 Å². The third-order valence-corrected chi connectivity index (χ3v) is 6.25. The molecule has 1 fully saturated rings. The largest absolute Gasteiger partial charge is 0.349 e. The van der Waals surface area contributed by atoms with Crippen LogP contribution in [0.25, 0.3) is 0 Å². The third kappa shape index (κ3) is 6.92. The molecule has 2 aromatic rings. The molecule has 2 amide bonds. The Kier molecular flexibility index (Phi) is 8.86. The molecule has 2 aromatic carbocycles. The van der Waals surface area contributed by atoms with E-state index in [2.05, 4.69) is 36.3 Å². The van der Waals surface area contributed by atoms with Crippen molar-refractivity contribution in [3.05, 3.63) is 65.2 Å². The zero-order valence-corrected chi connectivity index (χ0v) is 19.7. The van der Waals surface area contributed by atoms with Crippen LogP contribution in [-0.4, -0.2) is 42.4 Å². The van der Waals surface area contributed by atoms with Gasteiger partial charge < -0.3 is 15.5 Å². The molecule has 5 nitrogen and oxygen atoms in total. The van der Waals surface area contributed by atoms with E-state index in [1.807, 2.05) is 24.3 Å². The molecule has 0 bridgehead atoms. The highest BCUT2D eigenvalue weighted by molar-refractivity contribution is 6.05. The number of hydrogen-bond donors (Lipinski definition) is 2. The van der Waals surface area contributed by atoms with Crippen molar-refractivity contribution in [1.29, 1.82) is 0 Å². The van der Waals surface area contributed by atoms with Gasteiger partial charge in [-0.2, -0.15) is 0 Å². The predicted molar refractivity (Wildman–Crippen MR) is 131 cm³/mol. The monoisotopic (exact) mass is 435 g/mol. The van der Waals surface area contributed by atoms with E-state index >= 15 is 0 Å². The molecule has 0 spiro atoms. The van der Waals surface area contributed by atoms with Crippen LogP contribution in [0, 0.1) is 0 Å². The van der Waals surface area contributed by atoms with E-state index in [1.165, 1.54) is 31.4 Å². The summed E-state index contributed by atoms with van der Waals surface area (Å²) in [7, 11) is 0. The smallest absolute Gasteiger partial charge is 0.255 e. The van der Waals surface area contributed by atoms with Crippen LogP contribution in [0.1, 0.15) is 85.1 Å². The van der Waals surface area contributed by atoms with Gasteiger partial charge >= 0.3 is 0 Å². The Morgan fingerprint density at radius 3 is 2.06 bits per heavy atom. The lowest BCUT2D eigenvalue weighted by atomic mass is 10.0. The Hall–Kier alpha value is -2.66. The zero-order valence-electron chi connectivity index (χ0n) is 19.7. The number of rotatable bonds is 9.